The second-order valence-electron chi connectivity index (χ2n) is 3.83. The highest BCUT2D eigenvalue weighted by atomic mass is 127. The van der Waals surface area contributed by atoms with Crippen LogP contribution in [0.4, 0.5) is 0 Å². The Bertz CT molecular complexity index is 116. The van der Waals surface area contributed by atoms with Crippen molar-refractivity contribution in [1.29, 1.82) is 0 Å². The first-order chi connectivity index (χ1) is 5.24. The van der Waals surface area contributed by atoms with Crippen molar-refractivity contribution in [3.8, 4) is 0 Å². The van der Waals surface area contributed by atoms with E-state index in [2.05, 4.69) is 41.8 Å². The average Bonchev–Trinajstić information content (AvgIpc) is 2.15. The first kappa shape index (κ1) is 9.78. The van der Waals surface area contributed by atoms with E-state index in [1.165, 1.54) is 23.8 Å². The molecule has 0 aromatic carbocycles. The highest BCUT2D eigenvalue weighted by Crippen LogP contribution is 2.20. The normalized spacial score (nSPS) is 40.1. The van der Waals surface area contributed by atoms with Gasteiger partial charge in [-0.25, -0.2) is 0 Å². The molecule has 0 spiro atoms. The summed E-state index contributed by atoms with van der Waals surface area (Å²) in [5.74, 6) is 1.75. The van der Waals surface area contributed by atoms with Crippen molar-refractivity contribution in [1.82, 2.24) is 5.32 Å². The van der Waals surface area contributed by atoms with Gasteiger partial charge in [0.25, 0.3) is 0 Å². The molecule has 2 heteroatoms. The molecular formula is C9H18IN. The lowest BCUT2D eigenvalue weighted by atomic mass is 9.97. The van der Waals surface area contributed by atoms with E-state index in [4.69, 9.17) is 0 Å². The van der Waals surface area contributed by atoms with Gasteiger partial charge in [0, 0.05) is 10.5 Å². The lowest BCUT2D eigenvalue weighted by Crippen LogP contribution is -2.35. The van der Waals surface area contributed by atoms with Gasteiger partial charge < -0.3 is 5.32 Å². The van der Waals surface area contributed by atoms with E-state index in [-0.39, 0.29) is 0 Å². The lowest BCUT2D eigenvalue weighted by molar-refractivity contribution is 0.424. The van der Waals surface area contributed by atoms with Gasteiger partial charge in [-0.05, 0) is 31.2 Å². The second kappa shape index (κ2) is 4.65. The van der Waals surface area contributed by atoms with Crippen molar-refractivity contribution >= 4 is 22.6 Å². The van der Waals surface area contributed by atoms with Crippen LogP contribution in [0, 0.1) is 11.8 Å². The van der Waals surface area contributed by atoms with Gasteiger partial charge in [-0.3, -0.25) is 0 Å². The van der Waals surface area contributed by atoms with E-state index < -0.39 is 0 Å². The molecule has 3 unspecified atom stereocenters. The van der Waals surface area contributed by atoms with Crippen molar-refractivity contribution in [2.24, 2.45) is 11.8 Å². The van der Waals surface area contributed by atoms with Crippen LogP contribution in [0.25, 0.3) is 0 Å². The standard InChI is InChI=1S/C9H18IN/c1-7-3-4-8(2)9(5-10)11-6-7/h7-9,11H,3-6H2,1-2H3. The Morgan fingerprint density at radius 2 is 2.09 bits per heavy atom. The molecule has 3 atom stereocenters. The fourth-order valence-electron chi connectivity index (χ4n) is 1.61. The molecule has 1 N–H and O–H groups in total. The van der Waals surface area contributed by atoms with Crippen LogP contribution >= 0.6 is 22.6 Å². The molecule has 0 bridgehead atoms. The van der Waals surface area contributed by atoms with Crippen LogP contribution in [0.2, 0.25) is 0 Å². The molecule has 1 aliphatic heterocycles. The summed E-state index contributed by atoms with van der Waals surface area (Å²) in [4.78, 5) is 0. The quantitative estimate of drug-likeness (QED) is 0.568. The molecule has 1 nitrogen and oxygen atoms in total. The summed E-state index contributed by atoms with van der Waals surface area (Å²) in [6.07, 6.45) is 2.81. The molecule has 0 aliphatic carbocycles. The first-order valence-corrected chi connectivity index (χ1v) is 6.06. The number of halogens is 1. The zero-order chi connectivity index (χ0) is 8.27. The second-order valence-corrected chi connectivity index (χ2v) is 4.71. The predicted octanol–water partition coefficient (Wildman–Crippen LogP) is 2.45. The maximum absolute atomic E-state index is 3.62. The van der Waals surface area contributed by atoms with Gasteiger partial charge in [0.1, 0.15) is 0 Å². The fraction of sp³-hybridized carbons (Fsp3) is 1.00. The van der Waals surface area contributed by atoms with Crippen LogP contribution in [-0.4, -0.2) is 17.0 Å². The molecule has 1 heterocycles. The van der Waals surface area contributed by atoms with E-state index in [1.54, 1.807) is 0 Å². The third kappa shape index (κ3) is 2.90. The highest BCUT2D eigenvalue weighted by molar-refractivity contribution is 14.1. The summed E-state index contributed by atoms with van der Waals surface area (Å²) in [5, 5.41) is 3.62. The van der Waals surface area contributed by atoms with Crippen LogP contribution in [0.5, 0.6) is 0 Å². The zero-order valence-electron chi connectivity index (χ0n) is 7.44. The summed E-state index contributed by atoms with van der Waals surface area (Å²) < 4.78 is 1.26. The maximum Gasteiger partial charge on any atom is 0.0182 e. The SMILES string of the molecule is CC1CCC(C)C(CI)NC1. The van der Waals surface area contributed by atoms with Gasteiger partial charge in [0.05, 0.1) is 0 Å². The molecule has 1 aliphatic rings. The van der Waals surface area contributed by atoms with Gasteiger partial charge in [-0.2, -0.15) is 0 Å². The van der Waals surface area contributed by atoms with Crippen LogP contribution in [-0.2, 0) is 0 Å². The molecule has 0 aromatic heterocycles. The predicted molar refractivity (Wildman–Crippen MR) is 58.2 cm³/mol. The third-order valence-corrected chi connectivity index (χ3v) is 3.65. The molecular weight excluding hydrogens is 249 g/mol. The Morgan fingerprint density at radius 1 is 1.36 bits per heavy atom. The molecule has 1 fully saturated rings. The minimum atomic E-state index is 0.764. The maximum atomic E-state index is 3.62. The van der Waals surface area contributed by atoms with E-state index >= 15 is 0 Å². The number of hydrogen-bond acceptors (Lipinski definition) is 1. The molecule has 66 valence electrons. The van der Waals surface area contributed by atoms with Crippen LogP contribution in [0.3, 0.4) is 0 Å². The summed E-state index contributed by atoms with van der Waals surface area (Å²) in [7, 11) is 0. The van der Waals surface area contributed by atoms with Crippen LogP contribution in [0.1, 0.15) is 26.7 Å². The third-order valence-electron chi connectivity index (χ3n) is 2.70. The smallest absolute Gasteiger partial charge is 0.0182 e. The van der Waals surface area contributed by atoms with Crippen molar-refractivity contribution in [2.45, 2.75) is 32.7 Å². The van der Waals surface area contributed by atoms with Gasteiger partial charge in [-0.15, -0.1) is 0 Å². The van der Waals surface area contributed by atoms with E-state index in [0.717, 1.165) is 17.9 Å². The minimum absolute atomic E-state index is 0.764. The Balaban J connectivity index is 2.41. The van der Waals surface area contributed by atoms with Crippen LogP contribution in [0.15, 0.2) is 0 Å². The number of rotatable bonds is 1. The van der Waals surface area contributed by atoms with Gasteiger partial charge in [0.2, 0.25) is 0 Å². The summed E-state index contributed by atoms with van der Waals surface area (Å²) in [5.41, 5.74) is 0. The Morgan fingerprint density at radius 3 is 2.73 bits per heavy atom. The zero-order valence-corrected chi connectivity index (χ0v) is 9.60. The van der Waals surface area contributed by atoms with Crippen molar-refractivity contribution in [3.63, 3.8) is 0 Å². The van der Waals surface area contributed by atoms with Crippen LogP contribution < -0.4 is 5.32 Å². The van der Waals surface area contributed by atoms with E-state index in [1.807, 2.05) is 0 Å². The summed E-state index contributed by atoms with van der Waals surface area (Å²) >= 11 is 2.48. The molecule has 11 heavy (non-hydrogen) atoms. The van der Waals surface area contributed by atoms with Gasteiger partial charge >= 0.3 is 0 Å². The number of hydrogen-bond donors (Lipinski definition) is 1. The summed E-state index contributed by atoms with van der Waals surface area (Å²) in [6, 6.07) is 0.764. The Labute approximate surface area is 83.5 Å². The van der Waals surface area contributed by atoms with Crippen molar-refractivity contribution < 1.29 is 0 Å². The molecule has 1 saturated heterocycles. The number of alkyl halides is 1. The minimum Gasteiger partial charge on any atom is -0.313 e. The molecule has 0 radical (unpaired) electrons. The number of nitrogens with one attached hydrogen (secondary N) is 1. The Hall–Kier alpha value is 0.690. The van der Waals surface area contributed by atoms with E-state index in [9.17, 15) is 0 Å². The topological polar surface area (TPSA) is 12.0 Å². The molecule has 0 saturated carbocycles. The van der Waals surface area contributed by atoms with E-state index in [0.29, 0.717) is 0 Å². The monoisotopic (exact) mass is 267 g/mol. The largest absolute Gasteiger partial charge is 0.313 e. The summed E-state index contributed by atoms with van der Waals surface area (Å²) in [6.45, 7) is 5.93. The van der Waals surface area contributed by atoms with Crippen molar-refractivity contribution in [3.05, 3.63) is 0 Å². The van der Waals surface area contributed by atoms with Gasteiger partial charge in [0.15, 0.2) is 0 Å². The Kier molecular flexibility index (Phi) is 4.13. The molecule has 1 rings (SSSR count). The average molecular weight is 267 g/mol. The van der Waals surface area contributed by atoms with Gasteiger partial charge in [-0.1, -0.05) is 36.4 Å². The lowest BCUT2D eigenvalue weighted by Gasteiger charge is -2.19. The highest BCUT2D eigenvalue weighted by Gasteiger charge is 2.20. The van der Waals surface area contributed by atoms with Crippen molar-refractivity contribution in [2.75, 3.05) is 11.0 Å². The fourth-order valence-corrected chi connectivity index (χ4v) is 2.79. The molecule has 0 aromatic rings. The first-order valence-electron chi connectivity index (χ1n) is 4.53. The molecule has 0 amide bonds.